The fourth-order valence-corrected chi connectivity index (χ4v) is 7.58. The van der Waals surface area contributed by atoms with Crippen LogP contribution in [0.4, 0.5) is 11.4 Å². The van der Waals surface area contributed by atoms with Crippen molar-refractivity contribution >= 4 is 28.9 Å². The van der Waals surface area contributed by atoms with Crippen LogP contribution in [0.5, 0.6) is 0 Å². The Hall–Kier alpha value is -4.38. The third kappa shape index (κ3) is 3.62. The van der Waals surface area contributed by atoms with Crippen LogP contribution in [0, 0.1) is 0 Å². The molecule has 0 N–H and O–H groups in total. The first kappa shape index (κ1) is 26.5. The molecule has 0 bridgehead atoms. The zero-order valence-corrected chi connectivity index (χ0v) is 25.2. The van der Waals surface area contributed by atoms with E-state index in [1.807, 2.05) is 12.5 Å². The topological polar surface area (TPSA) is 40.4 Å². The minimum atomic E-state index is -0.491. The van der Waals surface area contributed by atoms with Gasteiger partial charge in [0.1, 0.15) is 11.8 Å². The minimum absolute atomic E-state index is 0.277. The second-order valence-corrected chi connectivity index (χ2v) is 11.4. The summed E-state index contributed by atoms with van der Waals surface area (Å²) in [4.78, 5) is 4.86. The standard InChI is InChI=1S/C37H38N4O/c1-6-40(7-2)27-15-17-32-30(20-27)31-21-28(41(8-3)9-4)16-18-33(31)37(32)24(5)19-29(25-13-11-10-12-14-25)34-35-26(22-38-39-35)23-42-36(34)37/h10-23,36H,6-9H2,1-5H3. The van der Waals surface area contributed by atoms with Gasteiger partial charge in [-0.2, -0.15) is 5.10 Å². The van der Waals surface area contributed by atoms with Crippen molar-refractivity contribution in [2.24, 2.45) is 10.2 Å². The number of rotatable bonds is 7. The lowest BCUT2D eigenvalue weighted by molar-refractivity contribution is 0.129. The summed E-state index contributed by atoms with van der Waals surface area (Å²) in [5.41, 5.74) is 13.8. The van der Waals surface area contributed by atoms with Crippen molar-refractivity contribution in [2.45, 2.75) is 46.1 Å². The maximum atomic E-state index is 6.86. The molecular weight excluding hydrogens is 516 g/mol. The van der Waals surface area contributed by atoms with E-state index in [9.17, 15) is 0 Å². The normalized spacial score (nSPS) is 18.9. The van der Waals surface area contributed by atoms with Gasteiger partial charge in [0.05, 0.1) is 23.5 Å². The molecule has 1 unspecified atom stereocenters. The molecule has 3 aromatic rings. The van der Waals surface area contributed by atoms with Crippen molar-refractivity contribution in [3.05, 3.63) is 112 Å². The molecule has 2 aliphatic heterocycles. The van der Waals surface area contributed by atoms with Crippen LogP contribution < -0.4 is 9.80 Å². The van der Waals surface area contributed by atoms with E-state index in [-0.39, 0.29) is 6.10 Å². The molecule has 0 aromatic heterocycles. The monoisotopic (exact) mass is 554 g/mol. The van der Waals surface area contributed by atoms with E-state index >= 15 is 0 Å². The van der Waals surface area contributed by atoms with Crippen molar-refractivity contribution in [1.29, 1.82) is 0 Å². The third-order valence-electron chi connectivity index (χ3n) is 9.63. The summed E-state index contributed by atoms with van der Waals surface area (Å²) in [7, 11) is 0. The number of fused-ring (bicyclic) bond motifs is 9. The summed E-state index contributed by atoms with van der Waals surface area (Å²) < 4.78 is 6.86. The second-order valence-electron chi connectivity index (χ2n) is 11.4. The molecule has 42 heavy (non-hydrogen) atoms. The fraction of sp³-hybridized carbons (Fsp3) is 0.297. The summed E-state index contributed by atoms with van der Waals surface area (Å²) in [6.45, 7) is 15.1. The molecule has 4 aliphatic rings. The van der Waals surface area contributed by atoms with E-state index in [2.05, 4.69) is 127 Å². The molecular formula is C37H38N4O. The average molecular weight is 555 g/mol. The Bertz CT molecular complexity index is 1660. The fourth-order valence-electron chi connectivity index (χ4n) is 7.58. The largest absolute Gasteiger partial charge is 0.491 e. The van der Waals surface area contributed by atoms with Crippen molar-refractivity contribution < 1.29 is 4.74 Å². The predicted octanol–water partition coefficient (Wildman–Crippen LogP) is 7.78. The van der Waals surface area contributed by atoms with Crippen LogP contribution in [-0.2, 0) is 10.2 Å². The van der Waals surface area contributed by atoms with Gasteiger partial charge in [0.25, 0.3) is 0 Å². The predicted molar refractivity (Wildman–Crippen MR) is 176 cm³/mol. The van der Waals surface area contributed by atoms with Gasteiger partial charge in [-0.05, 0) is 92.3 Å². The average Bonchev–Trinajstić information content (AvgIpc) is 3.62. The molecule has 1 spiro atoms. The van der Waals surface area contributed by atoms with E-state index in [1.165, 1.54) is 44.8 Å². The van der Waals surface area contributed by atoms with E-state index < -0.39 is 5.41 Å². The molecule has 0 radical (unpaired) electrons. The van der Waals surface area contributed by atoms with E-state index in [1.54, 1.807) is 0 Å². The molecule has 7 rings (SSSR count). The SMILES string of the molecule is CCN(CC)c1ccc2c(c1)-c1cc(N(CC)CC)ccc1C21C(C)=CC(c2ccccc2)=C2C3=NN=CC3=COC21. The second kappa shape index (κ2) is 10.2. The Morgan fingerprint density at radius 3 is 1.95 bits per heavy atom. The Morgan fingerprint density at radius 2 is 1.38 bits per heavy atom. The van der Waals surface area contributed by atoms with E-state index in [0.29, 0.717) is 0 Å². The number of anilines is 2. The maximum absolute atomic E-state index is 6.86. The van der Waals surface area contributed by atoms with Crippen LogP contribution in [-0.4, -0.2) is 44.2 Å². The summed E-state index contributed by atoms with van der Waals surface area (Å²) in [6.07, 6.45) is 5.78. The van der Waals surface area contributed by atoms with E-state index in [4.69, 9.17) is 4.74 Å². The van der Waals surface area contributed by atoms with Crippen molar-refractivity contribution in [3.8, 4) is 11.1 Å². The number of hydrogen-bond acceptors (Lipinski definition) is 5. The molecule has 5 nitrogen and oxygen atoms in total. The minimum Gasteiger partial charge on any atom is -0.491 e. The molecule has 2 aliphatic carbocycles. The highest BCUT2D eigenvalue weighted by Crippen LogP contribution is 2.61. The highest BCUT2D eigenvalue weighted by atomic mass is 16.5. The maximum Gasteiger partial charge on any atom is 0.143 e. The zero-order valence-electron chi connectivity index (χ0n) is 25.2. The molecule has 0 saturated heterocycles. The van der Waals surface area contributed by atoms with Gasteiger partial charge < -0.3 is 14.5 Å². The molecule has 1 atom stereocenters. The van der Waals surface area contributed by atoms with Gasteiger partial charge in [-0.25, -0.2) is 0 Å². The summed E-state index contributed by atoms with van der Waals surface area (Å²) in [5, 5.41) is 8.98. The van der Waals surface area contributed by atoms with Gasteiger partial charge >= 0.3 is 0 Å². The Labute approximate surface area is 249 Å². The lowest BCUT2D eigenvalue weighted by Crippen LogP contribution is -2.48. The lowest BCUT2D eigenvalue weighted by atomic mass is 9.61. The number of ether oxygens (including phenoxy) is 1. The number of nitrogens with zero attached hydrogens (tertiary/aromatic N) is 4. The van der Waals surface area contributed by atoms with Gasteiger partial charge in [-0.3, -0.25) is 0 Å². The molecule has 5 heteroatoms. The van der Waals surface area contributed by atoms with Crippen LogP contribution >= 0.6 is 0 Å². The van der Waals surface area contributed by atoms with E-state index in [0.717, 1.165) is 48.6 Å². The molecule has 0 saturated carbocycles. The first-order valence-corrected chi connectivity index (χ1v) is 15.3. The van der Waals surface area contributed by atoms with Gasteiger partial charge in [-0.1, -0.05) is 54.1 Å². The van der Waals surface area contributed by atoms with Crippen LogP contribution in [0.2, 0.25) is 0 Å². The molecule has 212 valence electrons. The van der Waals surface area contributed by atoms with Crippen LogP contribution in [0.25, 0.3) is 16.7 Å². The Kier molecular flexibility index (Phi) is 6.41. The molecule has 3 aromatic carbocycles. The van der Waals surface area contributed by atoms with Gasteiger partial charge in [0.2, 0.25) is 0 Å². The van der Waals surface area contributed by atoms with Gasteiger partial charge in [0, 0.05) is 43.1 Å². The highest BCUT2D eigenvalue weighted by Gasteiger charge is 2.57. The summed E-state index contributed by atoms with van der Waals surface area (Å²) in [6, 6.07) is 24.8. The lowest BCUT2D eigenvalue weighted by Gasteiger charge is -2.46. The summed E-state index contributed by atoms with van der Waals surface area (Å²) in [5.74, 6) is 0. The van der Waals surface area contributed by atoms with Crippen LogP contribution in [0.15, 0.2) is 106 Å². The van der Waals surface area contributed by atoms with Crippen molar-refractivity contribution in [1.82, 2.24) is 0 Å². The third-order valence-corrected chi connectivity index (χ3v) is 9.63. The quantitative estimate of drug-likeness (QED) is 0.299. The molecule has 0 amide bonds. The van der Waals surface area contributed by atoms with Crippen LogP contribution in [0.3, 0.4) is 0 Å². The summed E-state index contributed by atoms with van der Waals surface area (Å²) >= 11 is 0. The van der Waals surface area contributed by atoms with Gasteiger partial charge in [-0.15, -0.1) is 5.10 Å². The number of benzene rings is 3. The van der Waals surface area contributed by atoms with Crippen molar-refractivity contribution in [2.75, 3.05) is 36.0 Å². The number of hydrogen-bond donors (Lipinski definition) is 0. The molecule has 2 heterocycles. The molecule has 0 fully saturated rings. The smallest absolute Gasteiger partial charge is 0.143 e. The highest BCUT2D eigenvalue weighted by molar-refractivity contribution is 6.30. The number of allylic oxidation sites excluding steroid dienone is 3. The Morgan fingerprint density at radius 1 is 0.786 bits per heavy atom. The Balaban J connectivity index is 1.53. The zero-order chi connectivity index (χ0) is 29.0. The first-order chi connectivity index (χ1) is 20.6. The van der Waals surface area contributed by atoms with Crippen molar-refractivity contribution in [3.63, 3.8) is 0 Å². The first-order valence-electron chi connectivity index (χ1n) is 15.3. The van der Waals surface area contributed by atoms with Gasteiger partial charge in [0.15, 0.2) is 0 Å². The van der Waals surface area contributed by atoms with Crippen LogP contribution in [0.1, 0.15) is 51.3 Å².